The van der Waals surface area contributed by atoms with Gasteiger partial charge in [-0.15, -0.1) is 0 Å². The van der Waals surface area contributed by atoms with Gasteiger partial charge < -0.3 is 10.8 Å². The monoisotopic (exact) mass is 246 g/mol. The van der Waals surface area contributed by atoms with E-state index < -0.39 is 17.5 Å². The predicted molar refractivity (Wildman–Crippen MR) is 59.0 cm³/mol. The molecule has 0 saturated carbocycles. The maximum Gasteiger partial charge on any atom is 0.419 e. The van der Waals surface area contributed by atoms with E-state index in [1.54, 1.807) is 13.8 Å². The number of rotatable bonds is 2. The van der Waals surface area contributed by atoms with Gasteiger partial charge in [0.25, 0.3) is 0 Å². The Morgan fingerprint density at radius 2 is 1.94 bits per heavy atom. The van der Waals surface area contributed by atoms with Gasteiger partial charge in [-0.25, -0.2) is 0 Å². The fourth-order valence-electron chi connectivity index (χ4n) is 1.28. The van der Waals surface area contributed by atoms with Gasteiger partial charge in [0.05, 0.1) is 5.56 Å². The Bertz CT molecular complexity index is 439. The van der Waals surface area contributed by atoms with Gasteiger partial charge in [0.2, 0.25) is 0 Å². The molecule has 3 N–H and O–H groups in total. The van der Waals surface area contributed by atoms with Gasteiger partial charge in [-0.2, -0.15) is 13.2 Å². The van der Waals surface area contributed by atoms with Crippen molar-refractivity contribution in [2.45, 2.75) is 26.1 Å². The summed E-state index contributed by atoms with van der Waals surface area (Å²) in [5.74, 6) is -0.802. The number of phenolic OH excluding ortho intramolecular Hbond substituents is 1. The molecule has 0 amide bonds. The molecule has 0 fully saturated rings. The molecule has 6 heteroatoms. The average Bonchev–Trinajstić information content (AvgIpc) is 2.15. The second-order valence-electron chi connectivity index (χ2n) is 3.84. The zero-order valence-electron chi connectivity index (χ0n) is 9.42. The Morgan fingerprint density at radius 3 is 2.41 bits per heavy atom. The van der Waals surface area contributed by atoms with Crippen LogP contribution in [0.4, 0.5) is 13.2 Å². The predicted octanol–water partition coefficient (Wildman–Crippen LogP) is 2.52. The number of nitrogens with two attached hydrogens (primary N) is 1. The largest absolute Gasteiger partial charge is 0.507 e. The number of benzene rings is 1. The highest BCUT2D eigenvalue weighted by atomic mass is 19.4. The van der Waals surface area contributed by atoms with Crippen LogP contribution in [0.25, 0.3) is 0 Å². The molecule has 0 unspecified atom stereocenters. The lowest BCUT2D eigenvalue weighted by Crippen LogP contribution is -2.17. The summed E-state index contributed by atoms with van der Waals surface area (Å²) < 4.78 is 37.5. The van der Waals surface area contributed by atoms with Gasteiger partial charge in [0, 0.05) is 11.6 Å². The first kappa shape index (κ1) is 13.3. The van der Waals surface area contributed by atoms with Crippen molar-refractivity contribution in [1.82, 2.24) is 0 Å². The summed E-state index contributed by atoms with van der Waals surface area (Å²) in [5, 5.41) is 9.13. The summed E-state index contributed by atoms with van der Waals surface area (Å²) in [5.41, 5.74) is 4.59. The third-order valence-corrected chi connectivity index (χ3v) is 2.00. The molecule has 1 rings (SSSR count). The first-order valence-electron chi connectivity index (χ1n) is 4.95. The van der Waals surface area contributed by atoms with Crippen molar-refractivity contribution in [3.05, 3.63) is 29.3 Å². The Morgan fingerprint density at radius 1 is 1.35 bits per heavy atom. The van der Waals surface area contributed by atoms with Crippen molar-refractivity contribution >= 4 is 5.84 Å². The number of aliphatic imine (C=N–C) groups is 1. The van der Waals surface area contributed by atoms with Crippen LogP contribution in [0.15, 0.2) is 23.2 Å². The molecule has 0 saturated heterocycles. The molecule has 0 spiro atoms. The molecule has 0 aromatic heterocycles. The zero-order valence-corrected chi connectivity index (χ0v) is 9.42. The number of aromatic hydroxyl groups is 1. The first-order valence-corrected chi connectivity index (χ1v) is 4.95. The molecule has 17 heavy (non-hydrogen) atoms. The van der Waals surface area contributed by atoms with E-state index in [0.717, 1.165) is 12.1 Å². The molecule has 0 aliphatic rings. The molecule has 0 heterocycles. The van der Waals surface area contributed by atoms with Gasteiger partial charge in [-0.1, -0.05) is 0 Å². The smallest absolute Gasteiger partial charge is 0.419 e. The van der Waals surface area contributed by atoms with Crippen molar-refractivity contribution in [3.8, 4) is 5.75 Å². The topological polar surface area (TPSA) is 58.6 Å². The fourth-order valence-corrected chi connectivity index (χ4v) is 1.28. The molecule has 1 aromatic carbocycles. The molecule has 0 radical (unpaired) electrons. The van der Waals surface area contributed by atoms with Crippen LogP contribution >= 0.6 is 0 Å². The van der Waals surface area contributed by atoms with Crippen LogP contribution in [0.5, 0.6) is 5.75 Å². The SMILES string of the molecule is CC(C)N=C(N)c1ccc(O)c(C(F)(F)F)c1. The summed E-state index contributed by atoms with van der Waals surface area (Å²) in [6.45, 7) is 3.52. The van der Waals surface area contributed by atoms with Crippen molar-refractivity contribution in [1.29, 1.82) is 0 Å². The minimum Gasteiger partial charge on any atom is -0.507 e. The van der Waals surface area contributed by atoms with E-state index in [2.05, 4.69) is 4.99 Å². The van der Waals surface area contributed by atoms with Crippen molar-refractivity contribution in [3.63, 3.8) is 0 Å². The Kier molecular flexibility index (Phi) is 3.65. The lowest BCUT2D eigenvalue weighted by molar-refractivity contribution is -0.138. The maximum atomic E-state index is 12.5. The van der Waals surface area contributed by atoms with Gasteiger partial charge in [0.1, 0.15) is 11.6 Å². The second-order valence-corrected chi connectivity index (χ2v) is 3.84. The average molecular weight is 246 g/mol. The molecular formula is C11H13F3N2O. The zero-order chi connectivity index (χ0) is 13.2. The molecule has 3 nitrogen and oxygen atoms in total. The summed E-state index contributed by atoms with van der Waals surface area (Å²) in [6, 6.07) is 2.93. The number of alkyl halides is 3. The summed E-state index contributed by atoms with van der Waals surface area (Å²) in [4.78, 5) is 3.95. The Balaban J connectivity index is 3.22. The molecule has 0 aliphatic heterocycles. The van der Waals surface area contributed by atoms with Crippen LogP contribution < -0.4 is 5.73 Å². The lowest BCUT2D eigenvalue weighted by Gasteiger charge is -2.11. The van der Waals surface area contributed by atoms with Crippen LogP contribution in [0.2, 0.25) is 0 Å². The summed E-state index contributed by atoms with van der Waals surface area (Å²) in [7, 11) is 0. The standard InChI is InChI=1S/C11H13F3N2O/c1-6(2)16-10(15)7-3-4-9(17)8(5-7)11(12,13)14/h3-6,17H,1-2H3,(H2,15,16). The number of nitrogens with zero attached hydrogens (tertiary/aromatic N) is 1. The van der Waals surface area contributed by atoms with Crippen LogP contribution in [-0.4, -0.2) is 17.0 Å². The van der Waals surface area contributed by atoms with E-state index in [4.69, 9.17) is 10.8 Å². The highest BCUT2D eigenvalue weighted by molar-refractivity contribution is 5.97. The van der Waals surface area contributed by atoms with Crippen molar-refractivity contribution in [2.75, 3.05) is 0 Å². The minimum absolute atomic E-state index is 0.0190. The summed E-state index contributed by atoms with van der Waals surface area (Å²) in [6.07, 6.45) is -4.61. The highest BCUT2D eigenvalue weighted by Crippen LogP contribution is 2.35. The van der Waals surface area contributed by atoms with Crippen LogP contribution in [0, 0.1) is 0 Å². The van der Waals surface area contributed by atoms with Gasteiger partial charge in [-0.05, 0) is 32.0 Å². The maximum absolute atomic E-state index is 12.5. The molecule has 1 aromatic rings. The number of phenols is 1. The van der Waals surface area contributed by atoms with Crippen molar-refractivity contribution < 1.29 is 18.3 Å². The first-order chi connectivity index (χ1) is 7.71. The number of amidine groups is 1. The van der Waals surface area contributed by atoms with Crippen LogP contribution in [-0.2, 0) is 6.18 Å². The molecular weight excluding hydrogens is 233 g/mol. The summed E-state index contributed by atoms with van der Waals surface area (Å²) >= 11 is 0. The van der Waals surface area contributed by atoms with Gasteiger partial charge >= 0.3 is 6.18 Å². The molecule has 0 bridgehead atoms. The minimum atomic E-state index is -4.61. The molecule has 94 valence electrons. The van der Waals surface area contributed by atoms with Crippen molar-refractivity contribution in [2.24, 2.45) is 10.7 Å². The van der Waals surface area contributed by atoms with E-state index in [9.17, 15) is 13.2 Å². The van der Waals surface area contributed by atoms with E-state index in [0.29, 0.717) is 0 Å². The highest BCUT2D eigenvalue weighted by Gasteiger charge is 2.34. The third-order valence-electron chi connectivity index (χ3n) is 2.00. The normalized spacial score (nSPS) is 13.2. The van der Waals surface area contributed by atoms with Crippen LogP contribution in [0.1, 0.15) is 25.0 Å². The van der Waals surface area contributed by atoms with E-state index in [1.807, 2.05) is 0 Å². The fraction of sp³-hybridized carbons (Fsp3) is 0.364. The van der Waals surface area contributed by atoms with E-state index in [-0.39, 0.29) is 17.4 Å². The Hall–Kier alpha value is -1.72. The quantitative estimate of drug-likeness (QED) is 0.622. The number of hydrogen-bond acceptors (Lipinski definition) is 2. The third kappa shape index (κ3) is 3.37. The van der Waals surface area contributed by atoms with E-state index >= 15 is 0 Å². The van der Waals surface area contributed by atoms with Gasteiger partial charge in [-0.3, -0.25) is 4.99 Å². The lowest BCUT2D eigenvalue weighted by atomic mass is 10.1. The molecule has 0 aliphatic carbocycles. The Labute approximate surface area is 96.8 Å². The van der Waals surface area contributed by atoms with Gasteiger partial charge in [0.15, 0.2) is 0 Å². The number of hydrogen-bond donors (Lipinski definition) is 2. The second kappa shape index (κ2) is 4.65. The molecule has 0 atom stereocenters. The van der Waals surface area contributed by atoms with E-state index in [1.165, 1.54) is 6.07 Å². The van der Waals surface area contributed by atoms with Crippen LogP contribution in [0.3, 0.4) is 0 Å². The number of halogens is 3.